The Morgan fingerprint density at radius 3 is 2.68 bits per heavy atom. The first-order valence-electron chi connectivity index (χ1n) is 8.41. The molecule has 136 valence electrons. The molecule has 1 heterocycles. The van der Waals surface area contributed by atoms with E-state index in [0.717, 1.165) is 0 Å². The second-order valence-electron chi connectivity index (χ2n) is 6.15. The molecule has 0 atom stereocenters. The van der Waals surface area contributed by atoms with E-state index in [-0.39, 0.29) is 24.8 Å². The zero-order valence-corrected chi connectivity index (χ0v) is 13.8. The van der Waals surface area contributed by atoms with Crippen LogP contribution in [0.1, 0.15) is 25.7 Å². The van der Waals surface area contributed by atoms with Gasteiger partial charge in [0.1, 0.15) is 12.4 Å². The molecule has 1 aromatic rings. The van der Waals surface area contributed by atoms with E-state index in [2.05, 4.69) is 10.6 Å². The van der Waals surface area contributed by atoms with Crippen LogP contribution >= 0.6 is 0 Å². The molecule has 2 amide bonds. The lowest BCUT2D eigenvalue weighted by atomic mass is 9.86. The number of fused-ring (bicyclic) bond motifs is 1. The second-order valence-corrected chi connectivity index (χ2v) is 6.15. The molecule has 25 heavy (non-hydrogen) atoms. The number of amides is 2. The molecule has 0 spiro atoms. The van der Waals surface area contributed by atoms with Crippen LogP contribution in [0.3, 0.4) is 0 Å². The van der Waals surface area contributed by atoms with Crippen molar-refractivity contribution in [3.8, 4) is 17.2 Å². The van der Waals surface area contributed by atoms with Gasteiger partial charge >= 0.3 is 12.0 Å². The monoisotopic (exact) mass is 350 g/mol. The average molecular weight is 350 g/mol. The van der Waals surface area contributed by atoms with Crippen LogP contribution in [0, 0.1) is 5.92 Å². The summed E-state index contributed by atoms with van der Waals surface area (Å²) in [6, 6.07) is 5.10. The van der Waals surface area contributed by atoms with E-state index >= 15 is 0 Å². The third-order valence-electron chi connectivity index (χ3n) is 4.41. The quantitative estimate of drug-likeness (QED) is 0.675. The van der Waals surface area contributed by atoms with Crippen molar-refractivity contribution in [1.82, 2.24) is 10.6 Å². The standard InChI is InChI=1S/C17H22N2O6/c20-16(21)11-1-3-12(4-2-11)19-17(22)18-7-8-23-13-5-6-14-15(9-13)25-10-24-14/h5-6,9,11-12H,1-4,7-8,10H2,(H,20,21)(H2,18,19,22). The molecule has 8 heteroatoms. The smallest absolute Gasteiger partial charge is 0.315 e. The summed E-state index contributed by atoms with van der Waals surface area (Å²) >= 11 is 0. The highest BCUT2D eigenvalue weighted by atomic mass is 16.7. The van der Waals surface area contributed by atoms with Crippen molar-refractivity contribution in [3.63, 3.8) is 0 Å². The predicted octanol–water partition coefficient (Wildman–Crippen LogP) is 1.74. The fraction of sp³-hybridized carbons (Fsp3) is 0.529. The van der Waals surface area contributed by atoms with Gasteiger partial charge in [-0.2, -0.15) is 0 Å². The van der Waals surface area contributed by atoms with Crippen molar-refractivity contribution in [3.05, 3.63) is 18.2 Å². The number of carbonyl (C=O) groups is 2. The largest absolute Gasteiger partial charge is 0.492 e. The predicted molar refractivity (Wildman–Crippen MR) is 88.0 cm³/mol. The molecular weight excluding hydrogens is 328 g/mol. The van der Waals surface area contributed by atoms with Crippen LogP contribution in [0.25, 0.3) is 0 Å². The van der Waals surface area contributed by atoms with Crippen molar-refractivity contribution in [1.29, 1.82) is 0 Å². The zero-order chi connectivity index (χ0) is 17.6. The lowest BCUT2D eigenvalue weighted by Crippen LogP contribution is -2.45. The number of ether oxygens (including phenoxy) is 3. The number of hydrogen-bond donors (Lipinski definition) is 3. The van der Waals surface area contributed by atoms with Gasteiger partial charge in [0.15, 0.2) is 11.5 Å². The summed E-state index contributed by atoms with van der Waals surface area (Å²) in [5, 5.41) is 14.6. The van der Waals surface area contributed by atoms with E-state index in [9.17, 15) is 9.59 Å². The van der Waals surface area contributed by atoms with Gasteiger partial charge in [-0.3, -0.25) is 4.79 Å². The molecule has 0 radical (unpaired) electrons. The van der Waals surface area contributed by atoms with Gasteiger partial charge in [-0.25, -0.2) is 4.79 Å². The first kappa shape index (κ1) is 17.2. The Labute approximate surface area is 145 Å². The lowest BCUT2D eigenvalue weighted by molar-refractivity contribution is -0.142. The van der Waals surface area contributed by atoms with Crippen LogP contribution in [0.4, 0.5) is 4.79 Å². The van der Waals surface area contributed by atoms with Crippen molar-refractivity contribution < 1.29 is 28.9 Å². The number of carbonyl (C=O) groups excluding carboxylic acids is 1. The van der Waals surface area contributed by atoms with E-state index in [1.807, 2.05) is 0 Å². The van der Waals surface area contributed by atoms with Gasteiger partial charge in [-0.15, -0.1) is 0 Å². The third kappa shape index (κ3) is 4.68. The Bertz CT molecular complexity index is 628. The number of urea groups is 1. The van der Waals surface area contributed by atoms with Gasteiger partial charge < -0.3 is 30.0 Å². The van der Waals surface area contributed by atoms with Crippen LogP contribution < -0.4 is 24.8 Å². The molecule has 8 nitrogen and oxygen atoms in total. The summed E-state index contributed by atoms with van der Waals surface area (Å²) in [7, 11) is 0. The molecule has 2 aliphatic rings. The van der Waals surface area contributed by atoms with Crippen LogP contribution in [0.15, 0.2) is 18.2 Å². The van der Waals surface area contributed by atoms with Crippen LogP contribution in [0.2, 0.25) is 0 Å². The minimum atomic E-state index is -0.747. The summed E-state index contributed by atoms with van der Waals surface area (Å²) in [6.07, 6.45) is 2.59. The van der Waals surface area contributed by atoms with Crippen LogP contribution in [-0.4, -0.2) is 43.1 Å². The van der Waals surface area contributed by atoms with E-state index < -0.39 is 5.97 Å². The number of nitrogens with one attached hydrogen (secondary N) is 2. The van der Waals surface area contributed by atoms with Gasteiger partial charge in [0.2, 0.25) is 6.79 Å². The fourth-order valence-electron chi connectivity index (χ4n) is 3.02. The normalized spacial score (nSPS) is 21.4. The molecule has 1 aliphatic carbocycles. The molecule has 3 N–H and O–H groups in total. The molecule has 1 saturated carbocycles. The van der Waals surface area contributed by atoms with Gasteiger partial charge in [-0.1, -0.05) is 0 Å². The Morgan fingerprint density at radius 1 is 1.16 bits per heavy atom. The van der Waals surface area contributed by atoms with Crippen molar-refractivity contribution in [2.45, 2.75) is 31.7 Å². The number of aliphatic carboxylic acids is 1. The molecule has 1 aliphatic heterocycles. The molecule has 3 rings (SSSR count). The summed E-state index contributed by atoms with van der Waals surface area (Å²) in [6.45, 7) is 0.915. The van der Waals surface area contributed by atoms with Gasteiger partial charge in [0.05, 0.1) is 12.5 Å². The molecule has 0 bridgehead atoms. The molecule has 0 aromatic heterocycles. The van der Waals surface area contributed by atoms with Gasteiger partial charge in [0, 0.05) is 12.1 Å². The summed E-state index contributed by atoms with van der Waals surface area (Å²) in [5.74, 6) is 0.973. The van der Waals surface area contributed by atoms with E-state index in [1.54, 1.807) is 18.2 Å². The number of carboxylic acid groups (broad SMARTS) is 1. The number of benzene rings is 1. The van der Waals surface area contributed by atoms with E-state index in [1.165, 1.54) is 0 Å². The molecular formula is C17H22N2O6. The Hall–Kier alpha value is -2.64. The molecule has 1 aromatic carbocycles. The number of carboxylic acids is 1. The minimum Gasteiger partial charge on any atom is -0.492 e. The van der Waals surface area contributed by atoms with E-state index in [4.69, 9.17) is 19.3 Å². The highest BCUT2D eigenvalue weighted by Crippen LogP contribution is 2.35. The number of hydrogen-bond acceptors (Lipinski definition) is 5. The Balaban J connectivity index is 1.31. The first-order valence-corrected chi connectivity index (χ1v) is 8.41. The van der Waals surface area contributed by atoms with Gasteiger partial charge in [-0.05, 0) is 37.8 Å². The fourth-order valence-corrected chi connectivity index (χ4v) is 3.02. The lowest BCUT2D eigenvalue weighted by Gasteiger charge is -2.26. The highest BCUT2D eigenvalue weighted by molar-refractivity contribution is 5.74. The maximum Gasteiger partial charge on any atom is 0.315 e. The maximum absolute atomic E-state index is 11.9. The first-order chi connectivity index (χ1) is 12.1. The zero-order valence-electron chi connectivity index (χ0n) is 13.8. The van der Waals surface area contributed by atoms with Crippen LogP contribution in [-0.2, 0) is 4.79 Å². The Morgan fingerprint density at radius 2 is 1.92 bits per heavy atom. The summed E-state index contributed by atoms with van der Waals surface area (Å²) in [5.41, 5.74) is 0. The van der Waals surface area contributed by atoms with Crippen molar-refractivity contribution >= 4 is 12.0 Å². The third-order valence-corrected chi connectivity index (χ3v) is 4.41. The molecule has 1 fully saturated rings. The number of rotatable bonds is 6. The topological polar surface area (TPSA) is 106 Å². The SMILES string of the molecule is O=C(NCCOc1ccc2c(c1)OCO2)NC1CCC(C(=O)O)CC1. The van der Waals surface area contributed by atoms with E-state index in [0.29, 0.717) is 56.1 Å². The van der Waals surface area contributed by atoms with Crippen LogP contribution in [0.5, 0.6) is 17.2 Å². The second kappa shape index (κ2) is 7.96. The molecule has 0 unspecified atom stereocenters. The van der Waals surface area contributed by atoms with Crippen molar-refractivity contribution in [2.75, 3.05) is 19.9 Å². The maximum atomic E-state index is 11.9. The summed E-state index contributed by atoms with van der Waals surface area (Å²) < 4.78 is 16.1. The average Bonchev–Trinajstić information content (AvgIpc) is 3.07. The van der Waals surface area contributed by atoms with Gasteiger partial charge in [0.25, 0.3) is 0 Å². The molecule has 0 saturated heterocycles. The highest BCUT2D eigenvalue weighted by Gasteiger charge is 2.26. The Kier molecular flexibility index (Phi) is 5.47. The van der Waals surface area contributed by atoms with Crippen molar-refractivity contribution in [2.24, 2.45) is 5.92 Å². The minimum absolute atomic E-state index is 0.0328. The summed E-state index contributed by atoms with van der Waals surface area (Å²) in [4.78, 5) is 22.8.